The van der Waals surface area contributed by atoms with Crippen LogP contribution < -0.4 is 0 Å². The van der Waals surface area contributed by atoms with E-state index in [-0.39, 0.29) is 17.9 Å². The van der Waals surface area contributed by atoms with Gasteiger partial charge in [0.2, 0.25) is 0 Å². The van der Waals surface area contributed by atoms with E-state index in [1.54, 1.807) is 19.1 Å². The predicted octanol–water partition coefficient (Wildman–Crippen LogP) is 2.84. The SMILES string of the molecule is CCOC(=O)c1cc2c(cc1[N+](=O)[O-])[S+]([O-])c1ccccc1C2. The summed E-state index contributed by atoms with van der Waals surface area (Å²) in [6, 6.07) is 9.90. The van der Waals surface area contributed by atoms with Gasteiger partial charge in [-0.25, -0.2) is 4.79 Å². The Morgan fingerprint density at radius 2 is 2.00 bits per heavy atom. The number of nitro benzene ring substituents is 1. The standard InChI is InChI=1S/C16H13NO5S/c1-2-22-16(18)12-8-11-7-10-5-3-4-6-14(10)23(21)15(11)9-13(12)17(19)20/h3-6,8-9H,2,7H2,1H3. The molecular weight excluding hydrogens is 318 g/mol. The number of benzene rings is 2. The summed E-state index contributed by atoms with van der Waals surface area (Å²) in [5.41, 5.74) is 1.06. The minimum absolute atomic E-state index is 0.105. The van der Waals surface area contributed by atoms with Crippen LogP contribution in [0.3, 0.4) is 0 Å². The molecule has 0 bridgehead atoms. The van der Waals surface area contributed by atoms with Crippen molar-refractivity contribution >= 4 is 22.8 Å². The number of nitrogens with zero attached hydrogens (tertiary/aromatic N) is 1. The van der Waals surface area contributed by atoms with Crippen LogP contribution >= 0.6 is 0 Å². The zero-order valence-corrected chi connectivity index (χ0v) is 13.1. The minimum Gasteiger partial charge on any atom is -0.606 e. The van der Waals surface area contributed by atoms with E-state index in [9.17, 15) is 19.5 Å². The monoisotopic (exact) mass is 331 g/mol. The molecule has 1 unspecified atom stereocenters. The van der Waals surface area contributed by atoms with Gasteiger partial charge in [0.05, 0.1) is 17.6 Å². The van der Waals surface area contributed by atoms with Crippen molar-refractivity contribution in [3.05, 3.63) is 63.2 Å². The first-order valence-electron chi connectivity index (χ1n) is 7.01. The molecule has 2 aromatic rings. The second kappa shape index (κ2) is 6.02. The van der Waals surface area contributed by atoms with Gasteiger partial charge < -0.3 is 9.29 Å². The van der Waals surface area contributed by atoms with Gasteiger partial charge in [0.1, 0.15) is 5.56 Å². The Hall–Kier alpha value is -2.38. The first-order chi connectivity index (χ1) is 11.0. The average molecular weight is 331 g/mol. The number of fused-ring (bicyclic) bond motifs is 2. The number of carbonyl (C=O) groups is 1. The van der Waals surface area contributed by atoms with Crippen LogP contribution in [0.5, 0.6) is 0 Å². The smallest absolute Gasteiger partial charge is 0.345 e. The molecule has 23 heavy (non-hydrogen) atoms. The van der Waals surface area contributed by atoms with E-state index in [2.05, 4.69) is 0 Å². The summed E-state index contributed by atoms with van der Waals surface area (Å²) in [5, 5.41) is 11.3. The topological polar surface area (TPSA) is 92.5 Å². The quantitative estimate of drug-likeness (QED) is 0.373. The maximum absolute atomic E-state index is 12.7. The summed E-state index contributed by atoms with van der Waals surface area (Å²) in [6.07, 6.45) is 0.474. The molecule has 6 nitrogen and oxygen atoms in total. The lowest BCUT2D eigenvalue weighted by molar-refractivity contribution is -0.385. The zero-order chi connectivity index (χ0) is 16.6. The number of hydrogen-bond acceptors (Lipinski definition) is 5. The molecule has 0 saturated heterocycles. The molecule has 0 radical (unpaired) electrons. The minimum atomic E-state index is -1.50. The van der Waals surface area contributed by atoms with Crippen molar-refractivity contribution in [1.29, 1.82) is 0 Å². The Labute approximate surface area is 135 Å². The molecule has 7 heteroatoms. The number of rotatable bonds is 3. The van der Waals surface area contributed by atoms with Gasteiger partial charge in [-0.3, -0.25) is 10.1 Å². The molecule has 0 amide bonds. The molecule has 1 heterocycles. The maximum Gasteiger partial charge on any atom is 0.345 e. The zero-order valence-electron chi connectivity index (χ0n) is 12.3. The Morgan fingerprint density at radius 3 is 2.70 bits per heavy atom. The van der Waals surface area contributed by atoms with Crippen LogP contribution in [0.25, 0.3) is 0 Å². The summed E-state index contributed by atoms with van der Waals surface area (Å²) in [5.74, 6) is -0.744. The van der Waals surface area contributed by atoms with Crippen LogP contribution in [0.15, 0.2) is 46.2 Å². The van der Waals surface area contributed by atoms with Gasteiger partial charge in [-0.2, -0.15) is 0 Å². The summed E-state index contributed by atoms with van der Waals surface area (Å²) in [7, 11) is 0. The number of hydrogen-bond donors (Lipinski definition) is 0. The van der Waals surface area contributed by atoms with E-state index in [4.69, 9.17) is 4.74 Å². The van der Waals surface area contributed by atoms with Crippen LogP contribution in [0.4, 0.5) is 5.69 Å². The molecule has 0 spiro atoms. The third-order valence-electron chi connectivity index (χ3n) is 3.62. The number of ether oxygens (including phenoxy) is 1. The molecule has 1 aliphatic heterocycles. The van der Waals surface area contributed by atoms with E-state index in [0.29, 0.717) is 21.8 Å². The lowest BCUT2D eigenvalue weighted by atomic mass is 10.0. The molecular formula is C16H13NO5S. The van der Waals surface area contributed by atoms with Gasteiger partial charge in [0, 0.05) is 28.7 Å². The Balaban J connectivity index is 2.15. The number of esters is 1. The lowest BCUT2D eigenvalue weighted by Gasteiger charge is -2.21. The van der Waals surface area contributed by atoms with Gasteiger partial charge in [-0.1, -0.05) is 18.2 Å². The summed E-state index contributed by atoms with van der Waals surface area (Å²) in [4.78, 5) is 23.6. The largest absolute Gasteiger partial charge is 0.606 e. The highest BCUT2D eigenvalue weighted by Crippen LogP contribution is 2.37. The van der Waals surface area contributed by atoms with Gasteiger partial charge in [0.25, 0.3) is 5.69 Å². The third-order valence-corrected chi connectivity index (χ3v) is 5.20. The molecule has 2 aromatic carbocycles. The van der Waals surface area contributed by atoms with Crippen LogP contribution in [-0.4, -0.2) is 22.1 Å². The highest BCUT2D eigenvalue weighted by Gasteiger charge is 2.33. The summed E-state index contributed by atoms with van der Waals surface area (Å²) in [6.45, 7) is 1.76. The van der Waals surface area contributed by atoms with Crippen molar-refractivity contribution < 1.29 is 19.0 Å². The molecule has 0 aromatic heterocycles. The molecule has 0 saturated carbocycles. The van der Waals surface area contributed by atoms with Crippen LogP contribution in [0.1, 0.15) is 28.4 Å². The number of nitro groups is 1. The van der Waals surface area contributed by atoms with Gasteiger partial charge in [-0.05, 0) is 19.1 Å². The molecule has 1 atom stereocenters. The molecule has 3 rings (SSSR count). The Morgan fingerprint density at radius 1 is 1.26 bits per heavy atom. The van der Waals surface area contributed by atoms with Gasteiger partial charge >= 0.3 is 5.97 Å². The molecule has 0 N–H and O–H groups in total. The second-order valence-corrected chi connectivity index (χ2v) is 6.42. The maximum atomic E-state index is 12.7. The molecule has 0 fully saturated rings. The fraction of sp³-hybridized carbons (Fsp3) is 0.188. The molecule has 0 aliphatic carbocycles. The van der Waals surface area contributed by atoms with E-state index < -0.39 is 22.1 Å². The summed E-state index contributed by atoms with van der Waals surface area (Å²) < 4.78 is 17.5. The van der Waals surface area contributed by atoms with E-state index in [1.807, 2.05) is 12.1 Å². The fourth-order valence-electron chi connectivity index (χ4n) is 2.60. The summed E-state index contributed by atoms with van der Waals surface area (Å²) >= 11 is -1.50. The van der Waals surface area contributed by atoms with Crippen molar-refractivity contribution in [2.75, 3.05) is 6.61 Å². The predicted molar refractivity (Wildman–Crippen MR) is 83.0 cm³/mol. The molecule has 118 valence electrons. The van der Waals surface area contributed by atoms with Gasteiger partial charge in [-0.15, -0.1) is 0 Å². The molecule has 1 aliphatic rings. The van der Waals surface area contributed by atoms with E-state index >= 15 is 0 Å². The highest BCUT2D eigenvalue weighted by molar-refractivity contribution is 7.91. The van der Waals surface area contributed by atoms with Crippen LogP contribution in [-0.2, 0) is 22.3 Å². The van der Waals surface area contributed by atoms with Crippen molar-refractivity contribution in [1.82, 2.24) is 0 Å². The van der Waals surface area contributed by atoms with E-state index in [0.717, 1.165) is 5.56 Å². The Bertz CT molecular complexity index is 805. The Kier molecular flexibility index (Phi) is 4.06. The normalized spacial score (nSPS) is 15.5. The van der Waals surface area contributed by atoms with Crippen molar-refractivity contribution in [2.45, 2.75) is 23.1 Å². The first kappa shape index (κ1) is 15.5. The van der Waals surface area contributed by atoms with Crippen LogP contribution in [0.2, 0.25) is 0 Å². The van der Waals surface area contributed by atoms with Gasteiger partial charge in [0.15, 0.2) is 9.79 Å². The number of carbonyl (C=O) groups excluding carboxylic acids is 1. The first-order valence-corrected chi connectivity index (χ1v) is 8.16. The fourth-order valence-corrected chi connectivity index (χ4v) is 4.01. The lowest BCUT2D eigenvalue weighted by Crippen LogP contribution is -2.17. The van der Waals surface area contributed by atoms with Crippen molar-refractivity contribution in [3.63, 3.8) is 0 Å². The second-order valence-electron chi connectivity index (χ2n) is 5.01. The third kappa shape index (κ3) is 2.69. The van der Waals surface area contributed by atoms with Crippen LogP contribution in [0, 0.1) is 10.1 Å². The van der Waals surface area contributed by atoms with Crippen molar-refractivity contribution in [3.8, 4) is 0 Å². The average Bonchev–Trinajstić information content (AvgIpc) is 2.54. The highest BCUT2D eigenvalue weighted by atomic mass is 32.2. The van der Waals surface area contributed by atoms with Crippen molar-refractivity contribution in [2.24, 2.45) is 0 Å². The van der Waals surface area contributed by atoms with E-state index in [1.165, 1.54) is 12.1 Å².